The number of hydrogen-bond acceptors (Lipinski definition) is 3. The minimum Gasteiger partial charge on any atom is -0.439 e. The van der Waals surface area contributed by atoms with Crippen molar-refractivity contribution in [2.45, 2.75) is 38.3 Å². The Bertz CT molecular complexity index is 714. The van der Waals surface area contributed by atoms with Crippen LogP contribution in [0.25, 0.3) is 0 Å². The summed E-state index contributed by atoms with van der Waals surface area (Å²) in [6.45, 7) is 0.351. The minimum atomic E-state index is -0.354. The number of hydrogen-bond donors (Lipinski definition) is 2. The third-order valence-electron chi connectivity index (χ3n) is 3.99. The van der Waals surface area contributed by atoms with E-state index >= 15 is 0 Å². The molecule has 1 fully saturated rings. The van der Waals surface area contributed by atoms with Gasteiger partial charge in [-0.05, 0) is 31.0 Å². The van der Waals surface area contributed by atoms with Gasteiger partial charge >= 0.3 is 0 Å². The molecule has 1 aliphatic carbocycles. The molecule has 1 aliphatic rings. The molecule has 2 aromatic rings. The number of halogens is 1. The highest BCUT2D eigenvalue weighted by Gasteiger charge is 2.15. The van der Waals surface area contributed by atoms with Crippen molar-refractivity contribution in [3.8, 4) is 11.6 Å². The Morgan fingerprint density at radius 1 is 1.29 bits per heavy atom. The third-order valence-corrected chi connectivity index (χ3v) is 3.99. The van der Waals surface area contributed by atoms with Crippen LogP contribution in [0.4, 0.5) is 4.39 Å². The van der Waals surface area contributed by atoms with E-state index in [-0.39, 0.29) is 5.82 Å². The molecule has 1 aromatic heterocycles. The zero-order valence-corrected chi connectivity index (χ0v) is 13.4. The quantitative estimate of drug-likeness (QED) is 0.652. The molecule has 0 aliphatic heterocycles. The highest BCUT2D eigenvalue weighted by Crippen LogP contribution is 2.24. The first-order chi connectivity index (χ1) is 11.7. The summed E-state index contributed by atoms with van der Waals surface area (Å²) in [5.41, 5.74) is 6.74. The molecule has 1 heterocycles. The van der Waals surface area contributed by atoms with Crippen molar-refractivity contribution in [2.75, 3.05) is 0 Å². The van der Waals surface area contributed by atoms with Gasteiger partial charge in [0.2, 0.25) is 5.88 Å². The lowest BCUT2D eigenvalue weighted by molar-refractivity contribution is 0.452. The fourth-order valence-corrected chi connectivity index (χ4v) is 2.77. The van der Waals surface area contributed by atoms with E-state index in [2.05, 4.69) is 15.3 Å². The molecule has 0 amide bonds. The number of aromatic nitrogens is 1. The van der Waals surface area contributed by atoms with E-state index in [0.717, 1.165) is 18.4 Å². The number of nitrogens with zero attached hydrogens (tertiary/aromatic N) is 2. The summed E-state index contributed by atoms with van der Waals surface area (Å²) in [7, 11) is 0. The van der Waals surface area contributed by atoms with Crippen LogP contribution >= 0.6 is 0 Å². The summed E-state index contributed by atoms with van der Waals surface area (Å²) in [6, 6.07) is 10.1. The van der Waals surface area contributed by atoms with Crippen molar-refractivity contribution >= 4 is 5.96 Å². The van der Waals surface area contributed by atoms with Gasteiger partial charge in [-0.1, -0.05) is 25.0 Å². The van der Waals surface area contributed by atoms with Gasteiger partial charge in [0, 0.05) is 23.9 Å². The summed E-state index contributed by atoms with van der Waals surface area (Å²) in [4.78, 5) is 8.58. The highest BCUT2D eigenvalue weighted by molar-refractivity contribution is 5.78. The van der Waals surface area contributed by atoms with E-state index in [1.165, 1.54) is 25.0 Å². The summed E-state index contributed by atoms with van der Waals surface area (Å²) in [6.07, 6.45) is 6.37. The van der Waals surface area contributed by atoms with Crippen LogP contribution in [-0.4, -0.2) is 17.0 Å². The molecule has 0 radical (unpaired) electrons. The van der Waals surface area contributed by atoms with E-state index in [0.29, 0.717) is 30.2 Å². The van der Waals surface area contributed by atoms with Gasteiger partial charge in [0.1, 0.15) is 11.6 Å². The lowest BCUT2D eigenvalue weighted by Crippen LogP contribution is -2.38. The molecule has 24 heavy (non-hydrogen) atoms. The second-order valence-electron chi connectivity index (χ2n) is 5.85. The molecular weight excluding hydrogens is 307 g/mol. The van der Waals surface area contributed by atoms with E-state index in [4.69, 9.17) is 10.5 Å². The van der Waals surface area contributed by atoms with E-state index < -0.39 is 0 Å². The number of pyridine rings is 1. The largest absolute Gasteiger partial charge is 0.439 e. The van der Waals surface area contributed by atoms with E-state index in [1.54, 1.807) is 18.3 Å². The maximum absolute atomic E-state index is 13.3. The van der Waals surface area contributed by atoms with Crippen LogP contribution in [0.2, 0.25) is 0 Å². The molecule has 0 spiro atoms. The second-order valence-corrected chi connectivity index (χ2v) is 5.85. The van der Waals surface area contributed by atoms with Crippen molar-refractivity contribution < 1.29 is 9.13 Å². The van der Waals surface area contributed by atoms with Gasteiger partial charge in [0.25, 0.3) is 0 Å². The Kier molecular flexibility index (Phi) is 5.25. The van der Waals surface area contributed by atoms with Gasteiger partial charge in [-0.25, -0.2) is 14.4 Å². The molecule has 5 nitrogen and oxygen atoms in total. The average Bonchev–Trinajstić information content (AvgIpc) is 3.07. The van der Waals surface area contributed by atoms with Crippen LogP contribution in [0.1, 0.15) is 31.2 Å². The number of nitrogens with one attached hydrogen (secondary N) is 1. The molecule has 1 aromatic carbocycles. The van der Waals surface area contributed by atoms with Crippen molar-refractivity contribution in [1.82, 2.24) is 10.3 Å². The number of aliphatic imine (C=N–C) groups is 1. The molecule has 0 unspecified atom stereocenters. The van der Waals surface area contributed by atoms with Gasteiger partial charge in [-0.15, -0.1) is 0 Å². The number of rotatable bonds is 5. The van der Waals surface area contributed by atoms with Crippen molar-refractivity contribution in [3.63, 3.8) is 0 Å². The lowest BCUT2D eigenvalue weighted by atomic mass is 10.2. The van der Waals surface area contributed by atoms with Gasteiger partial charge < -0.3 is 15.8 Å². The number of nitrogens with two attached hydrogens (primary N) is 1. The number of ether oxygens (including phenoxy) is 1. The van der Waals surface area contributed by atoms with Crippen LogP contribution < -0.4 is 15.8 Å². The van der Waals surface area contributed by atoms with Crippen molar-refractivity contribution in [1.29, 1.82) is 0 Å². The Balaban J connectivity index is 1.67. The SMILES string of the molecule is NC(=NCc1cccnc1Oc1cccc(F)c1)NC1CCCC1. The van der Waals surface area contributed by atoms with Crippen LogP contribution in [0.15, 0.2) is 47.6 Å². The first-order valence-corrected chi connectivity index (χ1v) is 8.14. The molecule has 1 saturated carbocycles. The summed E-state index contributed by atoms with van der Waals surface area (Å²) < 4.78 is 18.9. The molecular formula is C18H21FN4O. The Labute approximate surface area is 140 Å². The van der Waals surface area contributed by atoms with Crippen molar-refractivity contribution in [2.24, 2.45) is 10.7 Å². The first kappa shape index (κ1) is 16.2. The summed E-state index contributed by atoms with van der Waals surface area (Å²) >= 11 is 0. The minimum absolute atomic E-state index is 0.351. The topological polar surface area (TPSA) is 72.5 Å². The molecule has 0 bridgehead atoms. The molecule has 126 valence electrons. The van der Waals surface area contributed by atoms with Gasteiger partial charge in [-0.2, -0.15) is 0 Å². The number of benzene rings is 1. The predicted molar refractivity (Wildman–Crippen MR) is 91.4 cm³/mol. The van der Waals surface area contributed by atoms with Gasteiger partial charge in [0.15, 0.2) is 5.96 Å². The third kappa shape index (κ3) is 4.44. The Hall–Kier alpha value is -2.63. The van der Waals surface area contributed by atoms with Crippen molar-refractivity contribution in [3.05, 3.63) is 54.0 Å². The predicted octanol–water partition coefficient (Wildman–Crippen LogP) is 3.36. The van der Waals surface area contributed by atoms with Gasteiger partial charge in [0.05, 0.1) is 6.54 Å². The van der Waals surface area contributed by atoms with Crippen LogP contribution in [0, 0.1) is 5.82 Å². The molecule has 6 heteroatoms. The Morgan fingerprint density at radius 2 is 2.12 bits per heavy atom. The molecule has 0 atom stereocenters. The van der Waals surface area contributed by atoms with Crippen LogP contribution in [-0.2, 0) is 6.54 Å². The summed E-state index contributed by atoms with van der Waals surface area (Å²) in [5.74, 6) is 0.881. The summed E-state index contributed by atoms with van der Waals surface area (Å²) in [5, 5.41) is 3.24. The maximum atomic E-state index is 13.3. The fourth-order valence-electron chi connectivity index (χ4n) is 2.77. The smallest absolute Gasteiger partial charge is 0.224 e. The monoisotopic (exact) mass is 328 g/mol. The average molecular weight is 328 g/mol. The highest BCUT2D eigenvalue weighted by atomic mass is 19.1. The fraction of sp³-hybridized carbons (Fsp3) is 0.333. The van der Waals surface area contributed by atoms with E-state index in [1.807, 2.05) is 12.1 Å². The van der Waals surface area contributed by atoms with Crippen LogP contribution in [0.3, 0.4) is 0 Å². The second kappa shape index (κ2) is 7.77. The normalized spacial score (nSPS) is 15.5. The van der Waals surface area contributed by atoms with E-state index in [9.17, 15) is 4.39 Å². The van der Waals surface area contributed by atoms with Gasteiger partial charge in [-0.3, -0.25) is 0 Å². The zero-order valence-electron chi connectivity index (χ0n) is 13.4. The standard InChI is InChI=1S/C18H21FN4O/c19-14-6-3-9-16(11-14)24-17-13(5-4-10-21-17)12-22-18(20)23-15-7-1-2-8-15/h3-6,9-11,15H,1-2,7-8,12H2,(H3,20,22,23). The first-order valence-electron chi connectivity index (χ1n) is 8.14. The molecule has 3 rings (SSSR count). The lowest BCUT2D eigenvalue weighted by Gasteiger charge is -2.13. The maximum Gasteiger partial charge on any atom is 0.224 e. The number of guanidine groups is 1. The van der Waals surface area contributed by atoms with Crippen LogP contribution in [0.5, 0.6) is 11.6 Å². The Morgan fingerprint density at radius 3 is 2.92 bits per heavy atom. The zero-order chi connectivity index (χ0) is 16.8. The molecule has 3 N–H and O–H groups in total. The molecule has 0 saturated heterocycles.